The van der Waals surface area contributed by atoms with Gasteiger partial charge in [-0.3, -0.25) is 18.7 Å². The predicted molar refractivity (Wildman–Crippen MR) is 104 cm³/mol. The van der Waals surface area contributed by atoms with Crippen molar-refractivity contribution in [1.82, 2.24) is 24.0 Å². The van der Waals surface area contributed by atoms with Crippen LogP contribution in [0.15, 0.2) is 27.6 Å². The Labute approximate surface area is 157 Å². The molecule has 2 aromatic heterocycles. The molecule has 8 heteroatoms. The van der Waals surface area contributed by atoms with Crippen LogP contribution >= 0.6 is 0 Å². The van der Waals surface area contributed by atoms with Gasteiger partial charge in [-0.15, -0.1) is 0 Å². The standard InChI is InChI=1S/C19H27N5O3/c1-22-17-16(18(26)23(2)19(22)27)24(13-21-17)12-6-9-15(25)20-11-10-14-7-4-3-5-8-14/h7,13H,3-6,8-12H2,1-2H3,(H,20,25). The van der Waals surface area contributed by atoms with E-state index in [1.807, 2.05) is 0 Å². The summed E-state index contributed by atoms with van der Waals surface area (Å²) in [4.78, 5) is 40.5. The van der Waals surface area contributed by atoms with Crippen molar-refractivity contribution >= 4 is 17.1 Å². The molecule has 0 saturated heterocycles. The van der Waals surface area contributed by atoms with Gasteiger partial charge < -0.3 is 9.88 Å². The minimum Gasteiger partial charge on any atom is -0.356 e. The summed E-state index contributed by atoms with van der Waals surface area (Å²) in [5.41, 5.74) is 1.45. The molecule has 1 amide bonds. The fourth-order valence-electron chi connectivity index (χ4n) is 3.56. The summed E-state index contributed by atoms with van der Waals surface area (Å²) in [6.45, 7) is 1.18. The number of aromatic nitrogens is 4. The van der Waals surface area contributed by atoms with Gasteiger partial charge in [-0.2, -0.15) is 0 Å². The summed E-state index contributed by atoms with van der Waals surface area (Å²) in [5, 5.41) is 2.97. The van der Waals surface area contributed by atoms with Crippen molar-refractivity contribution < 1.29 is 4.79 Å². The number of amides is 1. The van der Waals surface area contributed by atoms with Gasteiger partial charge >= 0.3 is 5.69 Å². The smallest absolute Gasteiger partial charge is 0.332 e. The van der Waals surface area contributed by atoms with E-state index < -0.39 is 5.69 Å². The Morgan fingerprint density at radius 1 is 1.22 bits per heavy atom. The molecular formula is C19H27N5O3. The Balaban J connectivity index is 1.53. The molecule has 0 saturated carbocycles. The number of imidazole rings is 1. The Morgan fingerprint density at radius 3 is 2.78 bits per heavy atom. The number of hydrogen-bond acceptors (Lipinski definition) is 4. The van der Waals surface area contributed by atoms with Crippen LogP contribution in [0.5, 0.6) is 0 Å². The molecule has 0 fully saturated rings. The molecule has 1 aliphatic carbocycles. The molecule has 3 rings (SSSR count). The topological polar surface area (TPSA) is 90.9 Å². The SMILES string of the molecule is Cn1c(=O)c2c(ncn2CCCC(=O)NCCC2=CCCCC2)n(C)c1=O. The van der Waals surface area contributed by atoms with Crippen molar-refractivity contribution in [3.63, 3.8) is 0 Å². The van der Waals surface area contributed by atoms with Gasteiger partial charge in [-0.1, -0.05) is 11.6 Å². The van der Waals surface area contributed by atoms with E-state index in [1.54, 1.807) is 17.9 Å². The quantitative estimate of drug-likeness (QED) is 0.739. The highest BCUT2D eigenvalue weighted by atomic mass is 16.2. The fraction of sp³-hybridized carbons (Fsp3) is 0.579. The van der Waals surface area contributed by atoms with Crippen LogP contribution in [0.3, 0.4) is 0 Å². The zero-order valence-corrected chi connectivity index (χ0v) is 16.0. The van der Waals surface area contributed by atoms with E-state index in [0.717, 1.165) is 23.8 Å². The Hall–Kier alpha value is -2.64. The number of nitrogens with one attached hydrogen (secondary N) is 1. The minimum atomic E-state index is -0.398. The maximum absolute atomic E-state index is 12.4. The van der Waals surface area contributed by atoms with Crippen LogP contribution in [0.25, 0.3) is 11.2 Å². The predicted octanol–water partition coefficient (Wildman–Crippen LogP) is 1.22. The second-order valence-electron chi connectivity index (χ2n) is 7.13. The number of nitrogens with zero attached hydrogens (tertiary/aromatic N) is 4. The first-order valence-corrected chi connectivity index (χ1v) is 9.54. The van der Waals surface area contributed by atoms with E-state index in [9.17, 15) is 14.4 Å². The number of rotatable bonds is 7. The molecule has 146 valence electrons. The van der Waals surface area contributed by atoms with Crippen molar-refractivity contribution in [3.05, 3.63) is 38.8 Å². The Morgan fingerprint density at radius 2 is 2.04 bits per heavy atom. The first-order valence-electron chi connectivity index (χ1n) is 9.54. The maximum Gasteiger partial charge on any atom is 0.332 e. The molecule has 0 bridgehead atoms. The van der Waals surface area contributed by atoms with Crippen molar-refractivity contribution in [2.45, 2.75) is 51.5 Å². The van der Waals surface area contributed by atoms with Crippen molar-refractivity contribution in [3.8, 4) is 0 Å². The van der Waals surface area contributed by atoms with E-state index in [0.29, 0.717) is 37.1 Å². The third-order valence-corrected chi connectivity index (χ3v) is 5.17. The Bertz CT molecular complexity index is 980. The van der Waals surface area contributed by atoms with Crippen LogP contribution in [0, 0.1) is 0 Å². The van der Waals surface area contributed by atoms with Crippen LogP contribution in [0.2, 0.25) is 0 Å². The lowest BCUT2D eigenvalue weighted by atomic mass is 9.97. The minimum absolute atomic E-state index is 0.0242. The van der Waals surface area contributed by atoms with Crippen LogP contribution < -0.4 is 16.6 Å². The maximum atomic E-state index is 12.4. The zero-order chi connectivity index (χ0) is 19.4. The summed E-state index contributed by atoms with van der Waals surface area (Å²) in [5.74, 6) is 0.0242. The van der Waals surface area contributed by atoms with Gasteiger partial charge in [-0.05, 0) is 38.5 Å². The number of hydrogen-bond donors (Lipinski definition) is 1. The highest BCUT2D eigenvalue weighted by molar-refractivity contribution is 5.75. The third kappa shape index (κ3) is 4.20. The Kier molecular flexibility index (Phi) is 5.93. The van der Waals surface area contributed by atoms with Gasteiger partial charge in [0.1, 0.15) is 0 Å². The van der Waals surface area contributed by atoms with Gasteiger partial charge in [0.05, 0.1) is 6.33 Å². The molecule has 2 heterocycles. The second-order valence-corrected chi connectivity index (χ2v) is 7.13. The van der Waals surface area contributed by atoms with Crippen molar-refractivity contribution in [1.29, 1.82) is 0 Å². The average Bonchev–Trinajstić information content (AvgIpc) is 3.09. The lowest BCUT2D eigenvalue weighted by molar-refractivity contribution is -0.121. The molecule has 1 N–H and O–H groups in total. The molecular weight excluding hydrogens is 346 g/mol. The second kappa shape index (κ2) is 8.37. The molecule has 1 aliphatic rings. The zero-order valence-electron chi connectivity index (χ0n) is 16.0. The van der Waals surface area contributed by atoms with Crippen molar-refractivity contribution in [2.75, 3.05) is 6.54 Å². The molecule has 0 aliphatic heterocycles. The largest absolute Gasteiger partial charge is 0.356 e. The summed E-state index contributed by atoms with van der Waals surface area (Å²) < 4.78 is 4.16. The summed E-state index contributed by atoms with van der Waals surface area (Å²) >= 11 is 0. The van der Waals surface area contributed by atoms with E-state index in [1.165, 1.54) is 30.0 Å². The van der Waals surface area contributed by atoms with E-state index in [-0.39, 0.29) is 11.5 Å². The number of fused-ring (bicyclic) bond motifs is 1. The third-order valence-electron chi connectivity index (χ3n) is 5.17. The van der Waals surface area contributed by atoms with Crippen LogP contribution in [-0.4, -0.2) is 31.1 Å². The first-order chi connectivity index (χ1) is 13.0. The molecule has 2 aromatic rings. The van der Waals surface area contributed by atoms with Gasteiger partial charge in [0.2, 0.25) is 5.91 Å². The van der Waals surface area contributed by atoms with Gasteiger partial charge in [0, 0.05) is 33.6 Å². The average molecular weight is 373 g/mol. The molecule has 0 radical (unpaired) electrons. The molecule has 8 nitrogen and oxygen atoms in total. The highest BCUT2D eigenvalue weighted by Crippen LogP contribution is 2.19. The first kappa shape index (κ1) is 19.1. The van der Waals surface area contributed by atoms with Crippen molar-refractivity contribution in [2.24, 2.45) is 14.1 Å². The monoisotopic (exact) mass is 373 g/mol. The van der Waals surface area contributed by atoms with Crippen LogP contribution in [0.4, 0.5) is 0 Å². The van der Waals surface area contributed by atoms with Crippen LogP contribution in [-0.2, 0) is 25.4 Å². The number of aryl methyl sites for hydroxylation is 2. The molecule has 0 atom stereocenters. The molecule has 0 spiro atoms. The van der Waals surface area contributed by atoms with Crippen LogP contribution in [0.1, 0.15) is 44.9 Å². The fourth-order valence-corrected chi connectivity index (χ4v) is 3.56. The molecule has 0 aromatic carbocycles. The number of carbonyl (C=O) groups is 1. The lowest BCUT2D eigenvalue weighted by Gasteiger charge is -2.13. The van der Waals surface area contributed by atoms with E-state index in [4.69, 9.17) is 0 Å². The van der Waals surface area contributed by atoms with E-state index in [2.05, 4.69) is 16.4 Å². The summed E-state index contributed by atoms with van der Waals surface area (Å²) in [6.07, 6.45) is 10.6. The van der Waals surface area contributed by atoms with Gasteiger partial charge in [0.15, 0.2) is 11.2 Å². The lowest BCUT2D eigenvalue weighted by Crippen LogP contribution is -2.37. The summed E-state index contributed by atoms with van der Waals surface area (Å²) in [7, 11) is 3.05. The molecule has 27 heavy (non-hydrogen) atoms. The van der Waals surface area contributed by atoms with E-state index >= 15 is 0 Å². The highest BCUT2D eigenvalue weighted by Gasteiger charge is 2.14. The number of carbonyl (C=O) groups excluding carboxylic acids is 1. The number of allylic oxidation sites excluding steroid dienone is 1. The molecule has 0 unspecified atom stereocenters. The normalized spacial score (nSPS) is 14.4. The van der Waals surface area contributed by atoms with Gasteiger partial charge in [0.25, 0.3) is 5.56 Å². The summed E-state index contributed by atoms with van der Waals surface area (Å²) in [6, 6.07) is 0. The van der Waals surface area contributed by atoms with Gasteiger partial charge in [-0.25, -0.2) is 9.78 Å².